The molecule has 0 aliphatic heterocycles. The van der Waals surface area contributed by atoms with Gasteiger partial charge >= 0.3 is 0 Å². The SMILES string of the molecule is CCNC(C)c1ccn(CC(=O)Nc2ccccc2Cl)c1. The molecule has 1 amide bonds. The van der Waals surface area contributed by atoms with Gasteiger partial charge in [0, 0.05) is 18.4 Å². The Bertz CT molecular complexity index is 609. The average molecular weight is 306 g/mol. The topological polar surface area (TPSA) is 46.1 Å². The highest BCUT2D eigenvalue weighted by Gasteiger charge is 2.09. The lowest BCUT2D eigenvalue weighted by Crippen LogP contribution is -2.19. The molecule has 4 nitrogen and oxygen atoms in total. The van der Waals surface area contributed by atoms with Crippen LogP contribution in [0.4, 0.5) is 5.69 Å². The van der Waals surface area contributed by atoms with E-state index in [1.165, 1.54) is 5.56 Å². The zero-order chi connectivity index (χ0) is 15.2. The van der Waals surface area contributed by atoms with E-state index >= 15 is 0 Å². The van der Waals surface area contributed by atoms with Gasteiger partial charge in [0.15, 0.2) is 0 Å². The Labute approximate surface area is 130 Å². The molecule has 1 aromatic carbocycles. The summed E-state index contributed by atoms with van der Waals surface area (Å²) >= 11 is 6.02. The van der Waals surface area contributed by atoms with Crippen LogP contribution in [0.3, 0.4) is 0 Å². The van der Waals surface area contributed by atoms with E-state index in [9.17, 15) is 4.79 Å². The van der Waals surface area contributed by atoms with Gasteiger partial charge in [0.05, 0.1) is 10.7 Å². The summed E-state index contributed by atoms with van der Waals surface area (Å²) in [7, 11) is 0. The minimum Gasteiger partial charge on any atom is -0.345 e. The molecular formula is C16H20ClN3O. The molecule has 0 bridgehead atoms. The van der Waals surface area contributed by atoms with Crippen molar-refractivity contribution >= 4 is 23.2 Å². The summed E-state index contributed by atoms with van der Waals surface area (Å²) in [6.07, 6.45) is 3.90. The highest BCUT2D eigenvalue weighted by Crippen LogP contribution is 2.20. The van der Waals surface area contributed by atoms with Crippen molar-refractivity contribution in [1.29, 1.82) is 0 Å². The molecule has 0 aliphatic rings. The summed E-state index contributed by atoms with van der Waals surface area (Å²) in [5.74, 6) is -0.0960. The number of para-hydroxylation sites is 1. The van der Waals surface area contributed by atoms with Crippen molar-refractivity contribution in [1.82, 2.24) is 9.88 Å². The van der Waals surface area contributed by atoms with Gasteiger partial charge < -0.3 is 15.2 Å². The van der Waals surface area contributed by atoms with Crippen molar-refractivity contribution in [2.75, 3.05) is 11.9 Å². The highest BCUT2D eigenvalue weighted by atomic mass is 35.5. The number of benzene rings is 1. The zero-order valence-electron chi connectivity index (χ0n) is 12.3. The van der Waals surface area contributed by atoms with E-state index in [-0.39, 0.29) is 18.5 Å². The first kappa shape index (κ1) is 15.6. The zero-order valence-corrected chi connectivity index (χ0v) is 13.0. The molecule has 5 heteroatoms. The number of hydrogen-bond acceptors (Lipinski definition) is 2. The van der Waals surface area contributed by atoms with Crippen molar-refractivity contribution in [2.45, 2.75) is 26.4 Å². The van der Waals surface area contributed by atoms with E-state index in [1.54, 1.807) is 12.1 Å². The number of hydrogen-bond donors (Lipinski definition) is 2. The molecule has 0 saturated heterocycles. The smallest absolute Gasteiger partial charge is 0.244 e. The Kier molecular flexibility index (Phi) is 5.42. The second-order valence-corrected chi connectivity index (χ2v) is 5.33. The average Bonchev–Trinajstić information content (AvgIpc) is 2.90. The van der Waals surface area contributed by atoms with Gasteiger partial charge in [-0.05, 0) is 37.2 Å². The Morgan fingerprint density at radius 3 is 2.81 bits per heavy atom. The monoisotopic (exact) mass is 305 g/mol. The molecule has 112 valence electrons. The number of rotatable bonds is 6. The number of amides is 1. The summed E-state index contributed by atoms with van der Waals surface area (Å²) in [5, 5.41) is 6.70. The lowest BCUT2D eigenvalue weighted by atomic mass is 10.2. The first-order valence-electron chi connectivity index (χ1n) is 7.03. The summed E-state index contributed by atoms with van der Waals surface area (Å²) in [6, 6.07) is 9.52. The molecule has 2 N–H and O–H groups in total. The second kappa shape index (κ2) is 7.29. The fourth-order valence-corrected chi connectivity index (χ4v) is 2.34. The lowest BCUT2D eigenvalue weighted by Gasteiger charge is -2.10. The number of anilines is 1. The number of carbonyl (C=O) groups is 1. The number of nitrogens with zero attached hydrogens (tertiary/aromatic N) is 1. The summed E-state index contributed by atoms with van der Waals surface area (Å²) < 4.78 is 1.87. The number of carbonyl (C=O) groups excluding carboxylic acids is 1. The highest BCUT2D eigenvalue weighted by molar-refractivity contribution is 6.33. The minimum absolute atomic E-state index is 0.0960. The van der Waals surface area contributed by atoms with Gasteiger partial charge in [-0.25, -0.2) is 0 Å². The largest absolute Gasteiger partial charge is 0.345 e. The van der Waals surface area contributed by atoms with Crippen LogP contribution in [0.25, 0.3) is 0 Å². The van der Waals surface area contributed by atoms with E-state index in [0.717, 1.165) is 6.54 Å². The van der Waals surface area contributed by atoms with Crippen molar-refractivity contribution < 1.29 is 4.79 Å². The number of halogens is 1. The molecule has 1 heterocycles. The molecule has 1 unspecified atom stereocenters. The quantitative estimate of drug-likeness (QED) is 0.858. The van der Waals surface area contributed by atoms with Crippen LogP contribution in [0.1, 0.15) is 25.5 Å². The van der Waals surface area contributed by atoms with Crippen LogP contribution in [0.15, 0.2) is 42.7 Å². The van der Waals surface area contributed by atoms with Crippen LogP contribution in [-0.2, 0) is 11.3 Å². The predicted molar refractivity (Wildman–Crippen MR) is 86.6 cm³/mol. The Balaban J connectivity index is 1.96. The Morgan fingerprint density at radius 2 is 2.10 bits per heavy atom. The van der Waals surface area contributed by atoms with E-state index in [2.05, 4.69) is 24.5 Å². The van der Waals surface area contributed by atoms with Crippen molar-refractivity contribution in [3.63, 3.8) is 0 Å². The Morgan fingerprint density at radius 1 is 1.33 bits per heavy atom. The normalized spacial score (nSPS) is 12.1. The predicted octanol–water partition coefficient (Wildman–Crippen LogP) is 3.45. The van der Waals surface area contributed by atoms with E-state index in [0.29, 0.717) is 10.7 Å². The van der Waals surface area contributed by atoms with E-state index in [4.69, 9.17) is 11.6 Å². The maximum absolute atomic E-state index is 12.0. The van der Waals surface area contributed by atoms with Gasteiger partial charge in [0.1, 0.15) is 6.54 Å². The van der Waals surface area contributed by atoms with Crippen LogP contribution < -0.4 is 10.6 Å². The maximum Gasteiger partial charge on any atom is 0.244 e. The molecule has 21 heavy (non-hydrogen) atoms. The van der Waals surface area contributed by atoms with Crippen LogP contribution >= 0.6 is 11.6 Å². The summed E-state index contributed by atoms with van der Waals surface area (Å²) in [6.45, 7) is 5.36. The molecule has 0 radical (unpaired) electrons. The third kappa shape index (κ3) is 4.34. The van der Waals surface area contributed by atoms with Crippen LogP contribution in [0.5, 0.6) is 0 Å². The summed E-state index contributed by atoms with van der Waals surface area (Å²) in [5.41, 5.74) is 1.81. The van der Waals surface area contributed by atoms with Gasteiger partial charge in [-0.3, -0.25) is 4.79 Å². The maximum atomic E-state index is 12.0. The minimum atomic E-state index is -0.0960. The molecule has 1 atom stereocenters. The number of nitrogens with one attached hydrogen (secondary N) is 2. The van der Waals surface area contributed by atoms with Crippen LogP contribution in [0.2, 0.25) is 5.02 Å². The fourth-order valence-electron chi connectivity index (χ4n) is 2.16. The number of aromatic nitrogens is 1. The van der Waals surface area contributed by atoms with E-state index < -0.39 is 0 Å². The van der Waals surface area contributed by atoms with Gasteiger partial charge in [0.25, 0.3) is 0 Å². The third-order valence-electron chi connectivity index (χ3n) is 3.26. The lowest BCUT2D eigenvalue weighted by molar-refractivity contribution is -0.116. The van der Waals surface area contributed by atoms with Gasteiger partial charge in [-0.15, -0.1) is 0 Å². The Hall–Kier alpha value is -1.78. The van der Waals surface area contributed by atoms with Crippen LogP contribution in [0, 0.1) is 0 Å². The fraction of sp³-hybridized carbons (Fsp3) is 0.312. The van der Waals surface area contributed by atoms with Crippen LogP contribution in [-0.4, -0.2) is 17.0 Å². The molecule has 0 fully saturated rings. The van der Waals surface area contributed by atoms with Gasteiger partial charge in [-0.1, -0.05) is 30.7 Å². The van der Waals surface area contributed by atoms with Crippen molar-refractivity contribution in [3.05, 3.63) is 53.3 Å². The van der Waals surface area contributed by atoms with Crippen molar-refractivity contribution in [3.8, 4) is 0 Å². The summed E-state index contributed by atoms with van der Waals surface area (Å²) in [4.78, 5) is 12.0. The van der Waals surface area contributed by atoms with Gasteiger partial charge in [-0.2, -0.15) is 0 Å². The molecule has 2 rings (SSSR count). The third-order valence-corrected chi connectivity index (χ3v) is 3.59. The standard InChI is InChI=1S/C16H20ClN3O/c1-3-18-12(2)13-8-9-20(10-13)11-16(21)19-15-7-5-4-6-14(15)17/h4-10,12,18H,3,11H2,1-2H3,(H,19,21). The molecule has 0 aliphatic carbocycles. The molecule has 2 aromatic rings. The van der Waals surface area contributed by atoms with Crippen molar-refractivity contribution in [2.24, 2.45) is 0 Å². The first-order valence-corrected chi connectivity index (χ1v) is 7.41. The van der Waals surface area contributed by atoms with E-state index in [1.807, 2.05) is 35.2 Å². The molecule has 0 spiro atoms. The molecule has 0 saturated carbocycles. The first-order chi connectivity index (χ1) is 10.1. The molecule has 1 aromatic heterocycles. The second-order valence-electron chi connectivity index (χ2n) is 4.92. The molecular weight excluding hydrogens is 286 g/mol. The van der Waals surface area contributed by atoms with Gasteiger partial charge in [0.2, 0.25) is 5.91 Å².